The van der Waals surface area contributed by atoms with Gasteiger partial charge in [0.2, 0.25) is 0 Å². The third-order valence-electron chi connectivity index (χ3n) is 4.77. The molecular weight excluding hydrogens is 429 g/mol. The van der Waals surface area contributed by atoms with Crippen molar-refractivity contribution in [3.63, 3.8) is 0 Å². The highest BCUT2D eigenvalue weighted by Gasteiger charge is 2.20. The summed E-state index contributed by atoms with van der Waals surface area (Å²) in [4.78, 5) is 9.24. The third kappa shape index (κ3) is 11.2. The summed E-state index contributed by atoms with van der Waals surface area (Å²) in [5.74, 6) is 1.73. The number of halogens is 1. The molecule has 2 N–H and O–H groups in total. The van der Waals surface area contributed by atoms with Gasteiger partial charge in [0.1, 0.15) is 0 Å². The van der Waals surface area contributed by atoms with Gasteiger partial charge >= 0.3 is 0 Å². The van der Waals surface area contributed by atoms with E-state index < -0.39 is 0 Å². The van der Waals surface area contributed by atoms with Gasteiger partial charge in [0.05, 0.1) is 0 Å². The first-order chi connectivity index (χ1) is 11.6. The Balaban J connectivity index is 0.00000576. The monoisotopic (exact) mass is 469 g/mol. The number of aliphatic imine (C=N–C) groups is 1. The highest BCUT2D eigenvalue weighted by atomic mass is 127. The van der Waals surface area contributed by atoms with E-state index in [0.29, 0.717) is 6.04 Å². The molecule has 1 rings (SSSR count). The quantitative estimate of drug-likeness (QED) is 0.222. The lowest BCUT2D eigenvalue weighted by Gasteiger charge is -2.35. The summed E-state index contributed by atoms with van der Waals surface area (Å²) in [6.45, 7) is 11.8. The summed E-state index contributed by atoms with van der Waals surface area (Å²) in [7, 11) is 5.74. The minimum atomic E-state index is 0. The Labute approximate surface area is 172 Å². The molecule has 1 fully saturated rings. The first-order valence-electron chi connectivity index (χ1n) is 9.42. The van der Waals surface area contributed by atoms with Crippen LogP contribution in [0.4, 0.5) is 0 Å². The molecule has 150 valence electrons. The van der Waals surface area contributed by atoms with Gasteiger partial charge in [0.25, 0.3) is 0 Å². The molecular formula is C18H40IN5O. The van der Waals surface area contributed by atoms with Crippen molar-refractivity contribution in [1.82, 2.24) is 20.4 Å². The van der Waals surface area contributed by atoms with E-state index >= 15 is 0 Å². The first kappa shape index (κ1) is 24.9. The van der Waals surface area contributed by atoms with Crippen molar-refractivity contribution in [3.05, 3.63) is 0 Å². The van der Waals surface area contributed by atoms with Crippen molar-refractivity contribution < 1.29 is 4.74 Å². The van der Waals surface area contributed by atoms with E-state index in [0.717, 1.165) is 51.1 Å². The molecule has 0 aromatic rings. The van der Waals surface area contributed by atoms with Gasteiger partial charge in [-0.05, 0) is 45.7 Å². The van der Waals surface area contributed by atoms with Crippen molar-refractivity contribution in [2.75, 3.05) is 67.1 Å². The molecule has 0 radical (unpaired) electrons. The van der Waals surface area contributed by atoms with Crippen LogP contribution in [-0.2, 0) is 4.74 Å². The number of ether oxygens (including phenoxy) is 1. The molecule has 2 unspecified atom stereocenters. The smallest absolute Gasteiger partial charge is 0.191 e. The third-order valence-corrected chi connectivity index (χ3v) is 4.77. The largest absolute Gasteiger partial charge is 0.385 e. The predicted octanol–water partition coefficient (Wildman–Crippen LogP) is 1.86. The molecule has 2 atom stereocenters. The average molecular weight is 469 g/mol. The van der Waals surface area contributed by atoms with Crippen LogP contribution in [0.1, 0.15) is 33.1 Å². The number of piperidine rings is 1. The van der Waals surface area contributed by atoms with E-state index in [1.165, 1.54) is 25.9 Å². The number of guanidine groups is 1. The molecule has 0 saturated carbocycles. The van der Waals surface area contributed by atoms with Crippen LogP contribution >= 0.6 is 24.0 Å². The van der Waals surface area contributed by atoms with E-state index in [2.05, 4.69) is 46.3 Å². The number of rotatable bonds is 10. The Hall–Kier alpha value is -0.120. The van der Waals surface area contributed by atoms with Crippen LogP contribution in [0.15, 0.2) is 4.99 Å². The SMILES string of the molecule is CN=C(NCCN(C)CCCOC)NCC(C)N1CCCC(C)C1.I. The maximum absolute atomic E-state index is 5.09. The fourth-order valence-corrected chi connectivity index (χ4v) is 3.18. The van der Waals surface area contributed by atoms with Crippen LogP contribution in [0.5, 0.6) is 0 Å². The Bertz CT molecular complexity index is 356. The number of likely N-dealkylation sites (tertiary alicyclic amines) is 1. The predicted molar refractivity (Wildman–Crippen MR) is 118 cm³/mol. The van der Waals surface area contributed by atoms with Crippen molar-refractivity contribution in [3.8, 4) is 0 Å². The fraction of sp³-hybridized carbons (Fsp3) is 0.944. The van der Waals surface area contributed by atoms with Gasteiger partial charge in [0, 0.05) is 59.5 Å². The zero-order valence-electron chi connectivity index (χ0n) is 16.9. The average Bonchev–Trinajstić information content (AvgIpc) is 2.57. The second-order valence-electron chi connectivity index (χ2n) is 7.12. The lowest BCUT2D eigenvalue weighted by Crippen LogP contribution is -2.49. The van der Waals surface area contributed by atoms with Crippen molar-refractivity contribution in [1.29, 1.82) is 0 Å². The van der Waals surface area contributed by atoms with Crippen molar-refractivity contribution in [2.45, 2.75) is 39.2 Å². The Morgan fingerprint density at radius 2 is 2.12 bits per heavy atom. The van der Waals surface area contributed by atoms with Crippen LogP contribution in [0.3, 0.4) is 0 Å². The minimum absolute atomic E-state index is 0. The van der Waals surface area contributed by atoms with Crippen LogP contribution in [0, 0.1) is 5.92 Å². The second-order valence-corrected chi connectivity index (χ2v) is 7.12. The molecule has 0 amide bonds. The number of hydrogen-bond acceptors (Lipinski definition) is 4. The second kappa shape index (κ2) is 15.0. The van der Waals surface area contributed by atoms with Gasteiger partial charge in [0.15, 0.2) is 5.96 Å². The van der Waals surface area contributed by atoms with Crippen molar-refractivity contribution in [2.24, 2.45) is 10.9 Å². The molecule has 1 aliphatic rings. The van der Waals surface area contributed by atoms with Gasteiger partial charge in [-0.1, -0.05) is 6.92 Å². The first-order valence-corrected chi connectivity index (χ1v) is 9.42. The van der Waals surface area contributed by atoms with E-state index in [9.17, 15) is 0 Å². The van der Waals surface area contributed by atoms with Gasteiger partial charge in [-0.3, -0.25) is 9.89 Å². The Kier molecular flexibility index (Phi) is 14.9. The zero-order valence-corrected chi connectivity index (χ0v) is 19.2. The molecule has 0 spiro atoms. The molecule has 1 aliphatic heterocycles. The number of hydrogen-bond donors (Lipinski definition) is 2. The molecule has 1 saturated heterocycles. The zero-order chi connectivity index (χ0) is 17.8. The van der Waals surface area contributed by atoms with Gasteiger partial charge in [-0.2, -0.15) is 0 Å². The maximum atomic E-state index is 5.09. The van der Waals surface area contributed by atoms with Gasteiger partial charge < -0.3 is 20.3 Å². The van der Waals surface area contributed by atoms with E-state index in [1.807, 2.05) is 7.05 Å². The van der Waals surface area contributed by atoms with Gasteiger partial charge in [-0.15, -0.1) is 24.0 Å². The molecule has 0 bridgehead atoms. The molecule has 0 aliphatic carbocycles. The number of nitrogens with one attached hydrogen (secondary N) is 2. The molecule has 0 aromatic carbocycles. The Morgan fingerprint density at radius 1 is 1.36 bits per heavy atom. The van der Waals surface area contributed by atoms with Crippen LogP contribution in [0.25, 0.3) is 0 Å². The van der Waals surface area contributed by atoms with Crippen molar-refractivity contribution >= 4 is 29.9 Å². The summed E-state index contributed by atoms with van der Waals surface area (Å²) in [6, 6.07) is 0.544. The van der Waals surface area contributed by atoms with Crippen LogP contribution < -0.4 is 10.6 Å². The summed E-state index contributed by atoms with van der Waals surface area (Å²) < 4.78 is 5.09. The van der Waals surface area contributed by atoms with Crippen LogP contribution in [-0.4, -0.2) is 88.9 Å². The Morgan fingerprint density at radius 3 is 2.76 bits per heavy atom. The number of likely N-dealkylation sites (N-methyl/N-ethyl adjacent to an activating group) is 1. The van der Waals surface area contributed by atoms with E-state index in [1.54, 1.807) is 7.11 Å². The standard InChI is InChI=1S/C18H39N5O.HI/c1-16-8-6-11-23(15-16)17(2)14-21-18(19-3)20-9-12-22(4)10-7-13-24-5;/h16-17H,6-15H2,1-5H3,(H2,19,20,21);1H. The molecule has 1 heterocycles. The summed E-state index contributed by atoms with van der Waals surface area (Å²) in [5, 5.41) is 6.87. The van der Waals surface area contributed by atoms with Gasteiger partial charge in [-0.25, -0.2) is 0 Å². The molecule has 7 heteroatoms. The highest BCUT2D eigenvalue weighted by Crippen LogP contribution is 2.17. The fourth-order valence-electron chi connectivity index (χ4n) is 3.18. The minimum Gasteiger partial charge on any atom is -0.385 e. The van der Waals surface area contributed by atoms with E-state index in [-0.39, 0.29) is 24.0 Å². The molecule has 25 heavy (non-hydrogen) atoms. The van der Waals surface area contributed by atoms with E-state index in [4.69, 9.17) is 4.74 Å². The topological polar surface area (TPSA) is 52.1 Å². The number of nitrogens with zero attached hydrogens (tertiary/aromatic N) is 3. The van der Waals surface area contributed by atoms with Crippen LogP contribution in [0.2, 0.25) is 0 Å². The number of methoxy groups -OCH3 is 1. The molecule has 0 aromatic heterocycles. The maximum Gasteiger partial charge on any atom is 0.191 e. The summed E-state index contributed by atoms with van der Waals surface area (Å²) >= 11 is 0. The normalized spacial score (nSPS) is 20.2. The lowest BCUT2D eigenvalue weighted by atomic mass is 9.99. The summed E-state index contributed by atoms with van der Waals surface area (Å²) in [5.41, 5.74) is 0. The highest BCUT2D eigenvalue weighted by molar-refractivity contribution is 14.0. The summed E-state index contributed by atoms with van der Waals surface area (Å²) in [6.07, 6.45) is 3.78. The molecule has 6 nitrogen and oxygen atoms in total. The lowest BCUT2D eigenvalue weighted by molar-refractivity contribution is 0.139.